The van der Waals surface area contributed by atoms with Crippen LogP contribution >= 0.6 is 24.0 Å². The summed E-state index contributed by atoms with van der Waals surface area (Å²) in [6.07, 6.45) is 1.83. The molecule has 0 atom stereocenters. The fourth-order valence-electron chi connectivity index (χ4n) is 0.665. The predicted molar refractivity (Wildman–Crippen MR) is 46.4 cm³/mol. The normalized spacial score (nSPS) is 9.56. The van der Waals surface area contributed by atoms with Crippen molar-refractivity contribution >= 4 is 30.0 Å². The van der Waals surface area contributed by atoms with Gasteiger partial charge in [-0.15, -0.1) is 24.0 Å². The number of thiol groups is 1. The van der Waals surface area contributed by atoms with Crippen molar-refractivity contribution in [2.24, 2.45) is 0 Å². The Hall–Kier alpha value is -0.210. The summed E-state index contributed by atoms with van der Waals surface area (Å²) in [6, 6.07) is 2.05. The van der Waals surface area contributed by atoms with Gasteiger partial charge < -0.3 is 0 Å². The smallest absolute Gasteiger partial charge is 0.0400 e. The van der Waals surface area contributed by atoms with E-state index in [0.29, 0.717) is 0 Å². The third kappa shape index (κ3) is 1.37. The first kappa shape index (κ1) is 6.90. The minimum Gasteiger partial charge on any atom is -0.142 e. The van der Waals surface area contributed by atoms with Crippen LogP contribution in [0.5, 0.6) is 0 Å². The van der Waals surface area contributed by atoms with Crippen molar-refractivity contribution in [3.8, 4) is 0 Å². The molecular weight excluding hydrogens is 148 g/mol. The van der Waals surface area contributed by atoms with Gasteiger partial charge in [-0.3, -0.25) is 0 Å². The molecule has 0 N–H and O–H groups in total. The van der Waals surface area contributed by atoms with Crippen LogP contribution in [0.1, 0.15) is 9.75 Å². The van der Waals surface area contributed by atoms with E-state index in [9.17, 15) is 0 Å². The van der Waals surface area contributed by atoms with Crippen LogP contribution in [-0.2, 0) is 0 Å². The molecule has 0 spiro atoms. The average molecular weight is 156 g/mol. The van der Waals surface area contributed by atoms with Crippen LogP contribution in [0, 0.1) is 6.92 Å². The van der Waals surface area contributed by atoms with Crippen LogP contribution in [0.4, 0.5) is 0 Å². The second-order valence-electron chi connectivity index (χ2n) is 1.81. The molecule has 0 radical (unpaired) electrons. The van der Waals surface area contributed by atoms with Gasteiger partial charge in [0.25, 0.3) is 0 Å². The fraction of sp³-hybridized carbons (Fsp3) is 0.143. The highest BCUT2D eigenvalue weighted by atomic mass is 32.1. The predicted octanol–water partition coefficient (Wildman–Crippen LogP) is 2.99. The van der Waals surface area contributed by atoms with E-state index in [1.165, 1.54) is 4.88 Å². The van der Waals surface area contributed by atoms with Gasteiger partial charge in [-0.1, -0.05) is 12.7 Å². The summed E-state index contributed by atoms with van der Waals surface area (Å²) in [4.78, 5) is 3.48. The summed E-state index contributed by atoms with van der Waals surface area (Å²) in [5.41, 5.74) is 0. The molecule has 1 aromatic heterocycles. The van der Waals surface area contributed by atoms with Crippen molar-refractivity contribution in [1.82, 2.24) is 0 Å². The Morgan fingerprint density at radius 2 is 2.44 bits per heavy atom. The molecule has 48 valence electrons. The molecule has 0 saturated heterocycles. The lowest BCUT2D eigenvalue weighted by Crippen LogP contribution is -1.56. The molecule has 1 heterocycles. The molecule has 2 heteroatoms. The molecule has 1 rings (SSSR count). The zero-order valence-electron chi connectivity index (χ0n) is 5.22. The van der Waals surface area contributed by atoms with Gasteiger partial charge in [-0.25, -0.2) is 0 Å². The monoisotopic (exact) mass is 156 g/mol. The molecule has 0 aliphatic carbocycles. The van der Waals surface area contributed by atoms with Crippen LogP contribution in [-0.4, -0.2) is 0 Å². The highest BCUT2D eigenvalue weighted by Crippen LogP contribution is 2.25. The lowest BCUT2D eigenvalue weighted by Gasteiger charge is -1.81. The third-order valence-electron chi connectivity index (χ3n) is 1.05. The topological polar surface area (TPSA) is 0 Å². The van der Waals surface area contributed by atoms with Crippen molar-refractivity contribution in [3.63, 3.8) is 0 Å². The van der Waals surface area contributed by atoms with Crippen LogP contribution in [0.2, 0.25) is 0 Å². The number of hydrogen-bond donors (Lipinski definition) is 1. The molecule has 1 aromatic rings. The first-order chi connectivity index (χ1) is 4.24. The van der Waals surface area contributed by atoms with Gasteiger partial charge in [0.15, 0.2) is 0 Å². The van der Waals surface area contributed by atoms with Gasteiger partial charge >= 0.3 is 0 Å². The molecule has 0 aromatic carbocycles. The van der Waals surface area contributed by atoms with Crippen LogP contribution in [0.15, 0.2) is 17.5 Å². The molecule has 0 saturated carbocycles. The highest BCUT2D eigenvalue weighted by molar-refractivity contribution is 7.80. The number of rotatable bonds is 1. The van der Waals surface area contributed by atoms with Gasteiger partial charge in [-0.05, 0) is 13.0 Å². The van der Waals surface area contributed by atoms with Crippen molar-refractivity contribution < 1.29 is 0 Å². The van der Waals surface area contributed by atoms with E-state index >= 15 is 0 Å². The van der Waals surface area contributed by atoms with Gasteiger partial charge in [0.05, 0.1) is 0 Å². The van der Waals surface area contributed by atoms with E-state index in [1.54, 1.807) is 11.3 Å². The van der Waals surface area contributed by atoms with Crippen molar-refractivity contribution in [3.05, 3.63) is 22.4 Å². The second-order valence-corrected chi connectivity index (χ2v) is 3.58. The number of hydrogen-bond acceptors (Lipinski definition) is 2. The van der Waals surface area contributed by atoms with Gasteiger partial charge in [0.1, 0.15) is 0 Å². The maximum absolute atomic E-state index is 4.24. The Morgan fingerprint density at radius 3 is 2.67 bits per heavy atom. The molecule has 0 aliphatic heterocycles. The summed E-state index contributed by atoms with van der Waals surface area (Å²) < 4.78 is 0. The molecule has 0 fully saturated rings. The van der Waals surface area contributed by atoms with Crippen molar-refractivity contribution in [2.45, 2.75) is 11.8 Å². The lowest BCUT2D eigenvalue weighted by atomic mass is 10.4. The van der Waals surface area contributed by atoms with Crippen molar-refractivity contribution in [1.29, 1.82) is 0 Å². The maximum atomic E-state index is 4.24. The van der Waals surface area contributed by atoms with E-state index in [-0.39, 0.29) is 0 Å². The molecule has 0 amide bonds. The Balaban J connectivity index is 3.15. The molecular formula is C7H8S2. The van der Waals surface area contributed by atoms with E-state index in [1.807, 2.05) is 12.1 Å². The Morgan fingerprint density at radius 1 is 1.78 bits per heavy atom. The zero-order valence-corrected chi connectivity index (χ0v) is 6.93. The second kappa shape index (κ2) is 2.58. The van der Waals surface area contributed by atoms with E-state index in [2.05, 4.69) is 26.1 Å². The minimum absolute atomic E-state index is 1.03. The highest BCUT2D eigenvalue weighted by Gasteiger charge is 1.96. The summed E-state index contributed by atoms with van der Waals surface area (Å²) in [5.74, 6) is 0. The summed E-state index contributed by atoms with van der Waals surface area (Å²) >= 11 is 5.96. The first-order valence-corrected chi connectivity index (χ1v) is 3.92. The van der Waals surface area contributed by atoms with E-state index in [4.69, 9.17) is 0 Å². The van der Waals surface area contributed by atoms with Crippen LogP contribution < -0.4 is 0 Å². The lowest BCUT2D eigenvalue weighted by molar-refractivity contribution is 1.51. The summed E-state index contributed by atoms with van der Waals surface area (Å²) in [5, 5.41) is 0. The standard InChI is InChI=1S/C7H8S2/c1-3-7-6(8)4-5(2)9-7/h3-4,8H,1H2,2H3. The van der Waals surface area contributed by atoms with Crippen LogP contribution in [0.25, 0.3) is 6.08 Å². The van der Waals surface area contributed by atoms with E-state index < -0.39 is 0 Å². The van der Waals surface area contributed by atoms with Crippen molar-refractivity contribution in [2.75, 3.05) is 0 Å². The number of aryl methyl sites for hydroxylation is 1. The third-order valence-corrected chi connectivity index (χ3v) is 2.62. The molecule has 0 bridgehead atoms. The number of thiophene rings is 1. The molecule has 0 nitrogen and oxygen atoms in total. The van der Waals surface area contributed by atoms with E-state index in [0.717, 1.165) is 9.77 Å². The minimum atomic E-state index is 1.03. The first-order valence-electron chi connectivity index (χ1n) is 2.66. The Kier molecular flexibility index (Phi) is 1.98. The van der Waals surface area contributed by atoms with Crippen LogP contribution in [0.3, 0.4) is 0 Å². The quantitative estimate of drug-likeness (QED) is 0.594. The molecule has 0 aliphatic rings. The maximum Gasteiger partial charge on any atom is 0.0400 e. The molecule has 9 heavy (non-hydrogen) atoms. The largest absolute Gasteiger partial charge is 0.142 e. The van der Waals surface area contributed by atoms with Gasteiger partial charge in [-0.2, -0.15) is 0 Å². The summed E-state index contributed by atoms with van der Waals surface area (Å²) in [6.45, 7) is 5.73. The van der Waals surface area contributed by atoms with Gasteiger partial charge in [0, 0.05) is 14.6 Å². The Labute approximate surface area is 64.6 Å². The zero-order chi connectivity index (χ0) is 6.85. The Bertz CT molecular complexity index is 223. The molecule has 0 unspecified atom stereocenters. The van der Waals surface area contributed by atoms with Gasteiger partial charge in [0.2, 0.25) is 0 Å². The average Bonchev–Trinajstić information content (AvgIpc) is 2.10. The summed E-state index contributed by atoms with van der Waals surface area (Å²) in [7, 11) is 0. The SMILES string of the molecule is C=Cc1sc(C)cc1S. The fourth-order valence-corrected chi connectivity index (χ4v) is 1.94.